The van der Waals surface area contributed by atoms with E-state index in [1.54, 1.807) is 12.1 Å². The van der Waals surface area contributed by atoms with Crippen LogP contribution < -0.4 is 4.90 Å². The molecule has 2 aromatic carbocycles. The Bertz CT molecular complexity index is 1090. The smallest absolute Gasteiger partial charge is 0.269 e. The molecule has 0 atom stereocenters. The number of rotatable bonds is 4. The van der Waals surface area contributed by atoms with Crippen molar-refractivity contribution in [1.82, 2.24) is 9.97 Å². The minimum Gasteiger partial charge on any atom is -0.450 e. The molecule has 0 amide bonds. The molecule has 0 bridgehead atoms. The highest BCUT2D eigenvalue weighted by molar-refractivity contribution is 6.05. The zero-order valence-corrected chi connectivity index (χ0v) is 13.4. The van der Waals surface area contributed by atoms with E-state index < -0.39 is 4.92 Å². The number of furan rings is 1. The number of nitro groups is 1. The number of aromatic nitrogens is 2. The molecule has 0 unspecified atom stereocenters. The lowest BCUT2D eigenvalue weighted by Crippen LogP contribution is -2.18. The van der Waals surface area contributed by atoms with Crippen LogP contribution in [0.25, 0.3) is 22.1 Å². The zero-order chi connectivity index (χ0) is 17.4. The van der Waals surface area contributed by atoms with E-state index in [0.29, 0.717) is 17.9 Å². The number of non-ortho nitro benzene ring substituents is 1. The van der Waals surface area contributed by atoms with Crippen molar-refractivity contribution in [2.24, 2.45) is 0 Å². The Morgan fingerprint density at radius 3 is 2.84 bits per heavy atom. The predicted molar refractivity (Wildman–Crippen MR) is 94.5 cm³/mol. The lowest BCUT2D eigenvalue weighted by Gasteiger charge is -2.17. The van der Waals surface area contributed by atoms with Gasteiger partial charge in [-0.15, -0.1) is 0 Å². The van der Waals surface area contributed by atoms with Crippen LogP contribution in [0.1, 0.15) is 5.56 Å². The third-order valence-electron chi connectivity index (χ3n) is 4.04. The van der Waals surface area contributed by atoms with Crippen molar-refractivity contribution >= 4 is 33.6 Å². The Morgan fingerprint density at radius 1 is 1.16 bits per heavy atom. The first kappa shape index (κ1) is 15.1. The van der Waals surface area contributed by atoms with Gasteiger partial charge in [-0.05, 0) is 17.7 Å². The van der Waals surface area contributed by atoms with Crippen LogP contribution in [0.3, 0.4) is 0 Å². The highest BCUT2D eigenvalue weighted by Crippen LogP contribution is 2.32. The molecule has 7 nitrogen and oxygen atoms in total. The summed E-state index contributed by atoms with van der Waals surface area (Å²) >= 11 is 0. The average Bonchev–Trinajstić information content (AvgIpc) is 3.00. The molecule has 0 spiro atoms. The van der Waals surface area contributed by atoms with Gasteiger partial charge in [0.15, 0.2) is 11.4 Å². The lowest BCUT2D eigenvalue weighted by atomic mass is 10.2. The molecular formula is C18H14N4O3. The van der Waals surface area contributed by atoms with E-state index >= 15 is 0 Å². The van der Waals surface area contributed by atoms with E-state index in [-0.39, 0.29) is 5.69 Å². The van der Waals surface area contributed by atoms with Crippen molar-refractivity contribution in [1.29, 1.82) is 0 Å². The molecule has 0 N–H and O–H groups in total. The Morgan fingerprint density at radius 2 is 2.00 bits per heavy atom. The van der Waals surface area contributed by atoms with Gasteiger partial charge in [-0.1, -0.05) is 24.3 Å². The summed E-state index contributed by atoms with van der Waals surface area (Å²) in [7, 11) is 1.87. The number of hydrogen-bond acceptors (Lipinski definition) is 6. The van der Waals surface area contributed by atoms with Gasteiger partial charge < -0.3 is 9.32 Å². The summed E-state index contributed by atoms with van der Waals surface area (Å²) in [6, 6.07) is 14.3. The average molecular weight is 334 g/mol. The van der Waals surface area contributed by atoms with Gasteiger partial charge in [0, 0.05) is 31.1 Å². The molecule has 7 heteroatoms. The van der Waals surface area contributed by atoms with Gasteiger partial charge in [0.05, 0.1) is 4.92 Å². The minimum atomic E-state index is -0.397. The third-order valence-corrected chi connectivity index (χ3v) is 4.04. The highest BCUT2D eigenvalue weighted by Gasteiger charge is 2.16. The first-order valence-electron chi connectivity index (χ1n) is 7.70. The molecular weight excluding hydrogens is 320 g/mol. The number of fused-ring (bicyclic) bond motifs is 3. The number of hydrogen-bond donors (Lipinski definition) is 0. The monoisotopic (exact) mass is 334 g/mol. The standard InChI is InChI=1S/C18H14N4O3/c1-21(10-12-5-4-6-13(9-12)22(23)24)18-17-16(19-11-20-18)14-7-2-3-8-15(14)25-17/h2-9,11H,10H2,1H3. The van der Waals surface area contributed by atoms with Crippen molar-refractivity contribution in [3.05, 3.63) is 70.5 Å². The summed E-state index contributed by atoms with van der Waals surface area (Å²) in [6.45, 7) is 0.463. The first-order chi connectivity index (χ1) is 12.1. The molecule has 4 aromatic rings. The summed E-state index contributed by atoms with van der Waals surface area (Å²) in [5.41, 5.74) is 3.01. The number of nitrogens with zero attached hydrogens (tertiary/aromatic N) is 4. The highest BCUT2D eigenvalue weighted by atomic mass is 16.6. The van der Waals surface area contributed by atoms with Crippen molar-refractivity contribution in [2.75, 3.05) is 11.9 Å². The molecule has 0 fully saturated rings. The van der Waals surface area contributed by atoms with Gasteiger partial charge in [-0.25, -0.2) is 9.97 Å². The summed E-state index contributed by atoms with van der Waals surface area (Å²) in [5.74, 6) is 0.646. The number of nitro benzene ring substituents is 1. The van der Waals surface area contributed by atoms with E-state index in [1.807, 2.05) is 42.3 Å². The molecule has 0 aliphatic rings. The van der Waals surface area contributed by atoms with E-state index in [4.69, 9.17) is 4.42 Å². The molecule has 4 rings (SSSR count). The van der Waals surface area contributed by atoms with E-state index in [1.165, 1.54) is 12.4 Å². The summed E-state index contributed by atoms with van der Waals surface area (Å²) in [4.78, 5) is 21.1. The summed E-state index contributed by atoms with van der Waals surface area (Å²) < 4.78 is 5.93. The molecule has 25 heavy (non-hydrogen) atoms. The summed E-state index contributed by atoms with van der Waals surface area (Å²) in [5, 5.41) is 11.9. The van der Waals surface area contributed by atoms with Gasteiger partial charge in [0.25, 0.3) is 5.69 Å². The van der Waals surface area contributed by atoms with E-state index in [2.05, 4.69) is 9.97 Å². The maximum atomic E-state index is 10.9. The maximum Gasteiger partial charge on any atom is 0.269 e. The van der Waals surface area contributed by atoms with Crippen molar-refractivity contribution in [2.45, 2.75) is 6.54 Å². The number of anilines is 1. The maximum absolute atomic E-state index is 10.9. The van der Waals surface area contributed by atoms with Gasteiger partial charge in [0.2, 0.25) is 0 Å². The Balaban J connectivity index is 1.74. The van der Waals surface area contributed by atoms with E-state index in [9.17, 15) is 10.1 Å². The molecule has 2 heterocycles. The fourth-order valence-corrected chi connectivity index (χ4v) is 2.90. The SMILES string of the molecule is CN(Cc1cccc([N+](=O)[O-])c1)c1ncnc2c1oc1ccccc12. The van der Waals surface area contributed by atoms with Crippen LogP contribution in [-0.4, -0.2) is 21.9 Å². The Kier molecular flexibility index (Phi) is 3.53. The van der Waals surface area contributed by atoms with Gasteiger partial charge in [0.1, 0.15) is 17.4 Å². The molecule has 0 aliphatic carbocycles. The van der Waals surface area contributed by atoms with Crippen molar-refractivity contribution < 1.29 is 9.34 Å². The Labute approximate surface area is 142 Å². The number of para-hydroxylation sites is 1. The molecule has 2 aromatic heterocycles. The fraction of sp³-hybridized carbons (Fsp3) is 0.111. The minimum absolute atomic E-state index is 0.0717. The van der Waals surface area contributed by atoms with Gasteiger partial charge in [-0.2, -0.15) is 0 Å². The van der Waals surface area contributed by atoms with Crippen molar-refractivity contribution in [3.63, 3.8) is 0 Å². The molecule has 0 radical (unpaired) electrons. The van der Waals surface area contributed by atoms with Crippen LogP contribution in [0.15, 0.2) is 59.3 Å². The van der Waals surface area contributed by atoms with E-state index in [0.717, 1.165) is 22.0 Å². The molecule has 0 aliphatic heterocycles. The normalized spacial score (nSPS) is 11.1. The van der Waals surface area contributed by atoms with Crippen molar-refractivity contribution in [3.8, 4) is 0 Å². The lowest BCUT2D eigenvalue weighted by molar-refractivity contribution is -0.384. The summed E-state index contributed by atoms with van der Waals surface area (Å²) in [6.07, 6.45) is 1.50. The zero-order valence-electron chi connectivity index (χ0n) is 13.4. The quantitative estimate of drug-likeness (QED) is 0.415. The third kappa shape index (κ3) is 2.65. The topological polar surface area (TPSA) is 85.3 Å². The second-order valence-electron chi connectivity index (χ2n) is 5.76. The second kappa shape index (κ2) is 5.86. The fourth-order valence-electron chi connectivity index (χ4n) is 2.90. The van der Waals surface area contributed by atoms with Gasteiger partial charge >= 0.3 is 0 Å². The predicted octanol–water partition coefficient (Wildman–Crippen LogP) is 3.92. The van der Waals surface area contributed by atoms with Crippen LogP contribution in [0, 0.1) is 10.1 Å². The molecule has 124 valence electrons. The van der Waals surface area contributed by atoms with Crippen LogP contribution in [-0.2, 0) is 6.54 Å². The second-order valence-corrected chi connectivity index (χ2v) is 5.76. The largest absolute Gasteiger partial charge is 0.450 e. The Hall–Kier alpha value is -3.48. The van der Waals surface area contributed by atoms with Gasteiger partial charge in [-0.3, -0.25) is 10.1 Å². The molecule has 0 saturated heterocycles. The van der Waals surface area contributed by atoms with Crippen LogP contribution in [0.2, 0.25) is 0 Å². The molecule has 0 saturated carbocycles. The first-order valence-corrected chi connectivity index (χ1v) is 7.70. The van der Waals surface area contributed by atoms with Crippen LogP contribution in [0.5, 0.6) is 0 Å². The van der Waals surface area contributed by atoms with Crippen LogP contribution in [0.4, 0.5) is 11.5 Å². The van der Waals surface area contributed by atoms with Crippen LogP contribution >= 0.6 is 0 Å². The number of benzene rings is 2.